The number of nitrogens with zero attached hydrogens (tertiary/aromatic N) is 1. The predicted octanol–water partition coefficient (Wildman–Crippen LogP) is 2.62. The number of rotatable bonds is 2. The summed E-state index contributed by atoms with van der Waals surface area (Å²) in [6.07, 6.45) is -9.20. The summed E-state index contributed by atoms with van der Waals surface area (Å²) in [5, 5.41) is 0. The van der Waals surface area contributed by atoms with Crippen LogP contribution in [0.3, 0.4) is 0 Å². The third-order valence-electron chi connectivity index (χ3n) is 2.18. The average molecular weight is 267 g/mol. The monoisotopic (exact) mass is 267 g/mol. The van der Waals surface area contributed by atoms with E-state index in [1.54, 1.807) is 0 Å². The molecule has 2 nitrogen and oxygen atoms in total. The highest BCUT2D eigenvalue weighted by atomic mass is 19.4. The Bertz CT molecular complexity index is 301. The van der Waals surface area contributed by atoms with E-state index in [9.17, 15) is 30.7 Å². The normalized spacial score (nSPS) is 19.2. The Hall–Kier alpha value is -0.830. The van der Waals surface area contributed by atoms with Crippen LogP contribution in [-0.2, 0) is 4.74 Å². The summed E-state index contributed by atoms with van der Waals surface area (Å²) in [6.45, 7) is -1.54. The maximum absolute atomic E-state index is 13.3. The second-order valence-electron chi connectivity index (χ2n) is 3.27. The van der Waals surface area contributed by atoms with Crippen LogP contribution in [0.4, 0.5) is 30.7 Å². The molecule has 0 bridgehead atoms. The Morgan fingerprint density at radius 1 is 0.941 bits per heavy atom. The molecule has 0 spiro atoms. The van der Waals surface area contributed by atoms with Crippen LogP contribution in [0.1, 0.15) is 0 Å². The van der Waals surface area contributed by atoms with Gasteiger partial charge in [-0.05, 0) is 0 Å². The van der Waals surface area contributed by atoms with Crippen molar-refractivity contribution in [2.24, 2.45) is 0 Å². The van der Waals surface area contributed by atoms with Crippen molar-refractivity contribution in [3.05, 3.63) is 11.7 Å². The number of alkyl halides is 5. The zero-order valence-electron chi connectivity index (χ0n) is 8.33. The third-order valence-corrected chi connectivity index (χ3v) is 2.18. The minimum atomic E-state index is -5.78. The van der Waals surface area contributed by atoms with Gasteiger partial charge in [-0.15, -0.1) is 0 Å². The second-order valence-corrected chi connectivity index (χ2v) is 3.27. The van der Waals surface area contributed by atoms with Crippen LogP contribution in [0.15, 0.2) is 11.7 Å². The van der Waals surface area contributed by atoms with Gasteiger partial charge in [0.2, 0.25) is 0 Å². The molecule has 1 heterocycles. The van der Waals surface area contributed by atoms with Crippen molar-refractivity contribution in [2.45, 2.75) is 12.2 Å². The number of halogens is 7. The van der Waals surface area contributed by atoms with E-state index in [0.29, 0.717) is 0 Å². The van der Waals surface area contributed by atoms with Gasteiger partial charge in [-0.2, -0.15) is 30.7 Å². The van der Waals surface area contributed by atoms with Crippen LogP contribution in [0.25, 0.3) is 0 Å². The van der Waals surface area contributed by atoms with Crippen LogP contribution >= 0.6 is 0 Å². The maximum atomic E-state index is 13.3. The molecule has 0 atom stereocenters. The van der Waals surface area contributed by atoms with Crippen molar-refractivity contribution >= 4 is 0 Å². The van der Waals surface area contributed by atoms with Gasteiger partial charge in [0, 0.05) is 13.1 Å². The first kappa shape index (κ1) is 14.2. The summed E-state index contributed by atoms with van der Waals surface area (Å²) in [6, 6.07) is -4.75. The summed E-state index contributed by atoms with van der Waals surface area (Å²) < 4.78 is 91.9. The van der Waals surface area contributed by atoms with E-state index in [-0.39, 0.29) is 18.1 Å². The smallest absolute Gasteiger partial charge is 0.379 e. The largest absolute Gasteiger partial charge is 0.425 e. The van der Waals surface area contributed by atoms with Gasteiger partial charge in [0.15, 0.2) is 5.57 Å². The minimum absolute atomic E-state index is 0.0263. The fourth-order valence-electron chi connectivity index (χ4n) is 1.39. The van der Waals surface area contributed by atoms with Gasteiger partial charge in [-0.1, -0.05) is 0 Å². The van der Waals surface area contributed by atoms with Crippen molar-refractivity contribution in [1.82, 2.24) is 4.90 Å². The van der Waals surface area contributed by atoms with E-state index in [1.165, 1.54) is 0 Å². The summed E-state index contributed by atoms with van der Waals surface area (Å²) in [7, 11) is 0. The lowest BCUT2D eigenvalue weighted by Crippen LogP contribution is -2.51. The topological polar surface area (TPSA) is 12.5 Å². The third kappa shape index (κ3) is 3.09. The van der Waals surface area contributed by atoms with E-state index < -0.39 is 37.0 Å². The first-order chi connectivity index (χ1) is 7.67. The molecule has 0 unspecified atom stereocenters. The fourth-order valence-corrected chi connectivity index (χ4v) is 1.39. The van der Waals surface area contributed by atoms with E-state index in [0.717, 1.165) is 0 Å². The molecule has 1 saturated heterocycles. The van der Waals surface area contributed by atoms with Crippen LogP contribution in [0.5, 0.6) is 0 Å². The van der Waals surface area contributed by atoms with Gasteiger partial charge >= 0.3 is 12.2 Å². The van der Waals surface area contributed by atoms with Gasteiger partial charge in [0.05, 0.1) is 13.2 Å². The zero-order valence-corrected chi connectivity index (χ0v) is 8.33. The van der Waals surface area contributed by atoms with Gasteiger partial charge in [-0.3, -0.25) is 0 Å². The number of morpholine rings is 1. The van der Waals surface area contributed by atoms with Gasteiger partial charge in [0.25, 0.3) is 6.08 Å². The van der Waals surface area contributed by atoms with Gasteiger partial charge in [0.1, 0.15) is 0 Å². The Morgan fingerprint density at radius 2 is 1.41 bits per heavy atom. The Morgan fingerprint density at radius 3 is 1.76 bits per heavy atom. The zero-order chi connectivity index (χ0) is 13.3. The molecule has 0 amide bonds. The van der Waals surface area contributed by atoms with E-state index in [4.69, 9.17) is 0 Å². The Balaban J connectivity index is 3.04. The molecule has 0 aromatic rings. The van der Waals surface area contributed by atoms with Crippen LogP contribution < -0.4 is 0 Å². The molecule has 0 aromatic heterocycles. The first-order valence-corrected chi connectivity index (χ1v) is 4.51. The first-order valence-electron chi connectivity index (χ1n) is 4.51. The summed E-state index contributed by atoms with van der Waals surface area (Å²) in [4.78, 5) is 0.0263. The van der Waals surface area contributed by atoms with E-state index in [2.05, 4.69) is 4.74 Å². The molecule has 1 aliphatic heterocycles. The van der Waals surface area contributed by atoms with Crippen molar-refractivity contribution in [2.75, 3.05) is 26.3 Å². The SMILES string of the molecule is FC(F)=C(C(F)(F)F)C(F)(F)N1CCOCC1. The molecular formula is C8H8F7NO. The summed E-state index contributed by atoms with van der Waals surface area (Å²) in [5.41, 5.74) is -3.10. The molecule has 0 aliphatic carbocycles. The molecule has 1 rings (SSSR count). The van der Waals surface area contributed by atoms with Crippen molar-refractivity contribution in [1.29, 1.82) is 0 Å². The van der Waals surface area contributed by atoms with Gasteiger partial charge < -0.3 is 4.74 Å². The van der Waals surface area contributed by atoms with Crippen molar-refractivity contribution in [3.8, 4) is 0 Å². The Kier molecular flexibility index (Phi) is 4.03. The fraction of sp³-hybridized carbons (Fsp3) is 0.750. The molecular weight excluding hydrogens is 259 g/mol. The van der Waals surface area contributed by atoms with Crippen LogP contribution in [-0.4, -0.2) is 43.4 Å². The molecule has 100 valence electrons. The van der Waals surface area contributed by atoms with Gasteiger partial charge in [-0.25, -0.2) is 4.90 Å². The summed E-state index contributed by atoms with van der Waals surface area (Å²) in [5.74, 6) is 0. The molecule has 1 fully saturated rings. The highest BCUT2D eigenvalue weighted by Gasteiger charge is 2.57. The molecule has 0 radical (unpaired) electrons. The standard InChI is InChI=1S/C8H8F7NO/c9-6(10)5(7(11,12)13)8(14,15)16-1-3-17-4-2-16/h1-4H2. The highest BCUT2D eigenvalue weighted by Crippen LogP contribution is 2.42. The molecule has 1 aliphatic rings. The molecule has 0 aromatic carbocycles. The van der Waals surface area contributed by atoms with Crippen molar-refractivity contribution < 1.29 is 35.5 Å². The molecule has 9 heteroatoms. The Labute approximate surface area is 91.6 Å². The van der Waals surface area contributed by atoms with Crippen LogP contribution in [0.2, 0.25) is 0 Å². The predicted molar refractivity (Wildman–Crippen MR) is 42.6 cm³/mol. The number of hydrogen-bond acceptors (Lipinski definition) is 2. The van der Waals surface area contributed by atoms with E-state index >= 15 is 0 Å². The lowest BCUT2D eigenvalue weighted by molar-refractivity contribution is -0.197. The number of ether oxygens (including phenoxy) is 1. The second kappa shape index (κ2) is 4.81. The maximum Gasteiger partial charge on any atom is 0.425 e. The lowest BCUT2D eigenvalue weighted by atomic mass is 10.2. The molecule has 0 saturated carbocycles. The molecule has 0 N–H and O–H groups in total. The lowest BCUT2D eigenvalue weighted by Gasteiger charge is -2.35. The summed E-state index contributed by atoms with van der Waals surface area (Å²) >= 11 is 0. The minimum Gasteiger partial charge on any atom is -0.379 e. The van der Waals surface area contributed by atoms with E-state index in [1.807, 2.05) is 0 Å². The molecule has 17 heavy (non-hydrogen) atoms. The highest BCUT2D eigenvalue weighted by molar-refractivity contribution is 5.19. The van der Waals surface area contributed by atoms with Crippen LogP contribution in [0, 0.1) is 0 Å². The number of hydrogen-bond donors (Lipinski definition) is 0. The quantitative estimate of drug-likeness (QED) is 0.563. The van der Waals surface area contributed by atoms with Crippen molar-refractivity contribution in [3.63, 3.8) is 0 Å². The average Bonchev–Trinajstić information content (AvgIpc) is 2.15.